The molecule has 1 aromatic carbocycles. The van der Waals surface area contributed by atoms with Crippen molar-refractivity contribution in [2.45, 2.75) is 33.2 Å². The molecule has 7 nitrogen and oxygen atoms in total. The van der Waals surface area contributed by atoms with Crippen LogP contribution in [-0.4, -0.2) is 43.9 Å². The monoisotopic (exact) mass is 327 g/mol. The maximum atomic E-state index is 12.3. The molecular weight excluding hydrogens is 306 g/mol. The van der Waals surface area contributed by atoms with E-state index in [1.165, 1.54) is 0 Å². The number of rotatable bonds is 8. The molecule has 0 saturated carbocycles. The molecule has 24 heavy (non-hydrogen) atoms. The van der Waals surface area contributed by atoms with E-state index in [1.54, 1.807) is 0 Å². The number of hydrogen-bond acceptors (Lipinski definition) is 6. The van der Waals surface area contributed by atoms with Crippen molar-refractivity contribution in [1.29, 1.82) is 0 Å². The van der Waals surface area contributed by atoms with Crippen LogP contribution in [0.3, 0.4) is 0 Å². The Morgan fingerprint density at radius 1 is 1.17 bits per heavy atom. The SMILES string of the molecule is CCN(CC)Cc1nnc(CCC(=O)c2nc3ccccc3[nH]2)o1. The van der Waals surface area contributed by atoms with Crippen LogP contribution in [0.2, 0.25) is 0 Å². The van der Waals surface area contributed by atoms with Gasteiger partial charge in [0.05, 0.1) is 17.6 Å². The lowest BCUT2D eigenvalue weighted by molar-refractivity contribution is 0.0971. The molecule has 0 atom stereocenters. The molecule has 0 spiro atoms. The van der Waals surface area contributed by atoms with E-state index in [1.807, 2.05) is 24.3 Å². The Morgan fingerprint density at radius 3 is 2.67 bits per heavy atom. The number of aryl methyl sites for hydroxylation is 1. The van der Waals surface area contributed by atoms with Gasteiger partial charge in [0.2, 0.25) is 11.8 Å². The Hall–Kier alpha value is -2.54. The van der Waals surface area contributed by atoms with Crippen molar-refractivity contribution in [1.82, 2.24) is 25.1 Å². The predicted octanol–water partition coefficient (Wildman–Crippen LogP) is 2.60. The van der Waals surface area contributed by atoms with Crippen LogP contribution in [0.1, 0.15) is 42.7 Å². The minimum Gasteiger partial charge on any atom is -0.424 e. The van der Waals surface area contributed by atoms with Gasteiger partial charge in [0.15, 0.2) is 11.6 Å². The topological polar surface area (TPSA) is 87.9 Å². The van der Waals surface area contributed by atoms with Crippen molar-refractivity contribution in [3.8, 4) is 0 Å². The number of benzene rings is 1. The third-order valence-corrected chi connectivity index (χ3v) is 3.98. The molecule has 0 saturated heterocycles. The molecule has 3 rings (SSSR count). The van der Waals surface area contributed by atoms with Gasteiger partial charge in [-0.15, -0.1) is 10.2 Å². The highest BCUT2D eigenvalue weighted by molar-refractivity contribution is 5.95. The molecule has 0 aliphatic carbocycles. The second-order valence-corrected chi connectivity index (χ2v) is 5.58. The van der Waals surface area contributed by atoms with E-state index in [0.717, 1.165) is 24.1 Å². The molecule has 0 aliphatic rings. The van der Waals surface area contributed by atoms with E-state index >= 15 is 0 Å². The molecular formula is C17H21N5O2. The van der Waals surface area contributed by atoms with Crippen molar-refractivity contribution in [2.75, 3.05) is 13.1 Å². The minimum absolute atomic E-state index is 0.0605. The third-order valence-electron chi connectivity index (χ3n) is 3.98. The molecule has 0 aliphatic heterocycles. The summed E-state index contributed by atoms with van der Waals surface area (Å²) >= 11 is 0. The van der Waals surface area contributed by atoms with Crippen LogP contribution in [0, 0.1) is 0 Å². The number of nitrogens with zero attached hydrogens (tertiary/aromatic N) is 4. The van der Waals surface area contributed by atoms with Gasteiger partial charge in [0, 0.05) is 12.8 Å². The van der Waals surface area contributed by atoms with E-state index in [-0.39, 0.29) is 12.2 Å². The summed E-state index contributed by atoms with van der Waals surface area (Å²) in [6, 6.07) is 7.58. The zero-order valence-electron chi connectivity index (χ0n) is 14.0. The highest BCUT2D eigenvalue weighted by Gasteiger charge is 2.14. The number of fused-ring (bicyclic) bond motifs is 1. The summed E-state index contributed by atoms with van der Waals surface area (Å²) in [5.41, 5.74) is 1.65. The number of hydrogen-bond donors (Lipinski definition) is 1. The van der Waals surface area contributed by atoms with Crippen LogP contribution in [0.15, 0.2) is 28.7 Å². The highest BCUT2D eigenvalue weighted by atomic mass is 16.4. The van der Waals surface area contributed by atoms with Gasteiger partial charge in [-0.3, -0.25) is 9.69 Å². The van der Waals surface area contributed by atoms with E-state index in [2.05, 4.69) is 38.9 Å². The quantitative estimate of drug-likeness (QED) is 0.640. The molecule has 0 amide bonds. The summed E-state index contributed by atoms with van der Waals surface area (Å²) in [4.78, 5) is 21.8. The average molecular weight is 327 g/mol. The Kier molecular flexibility index (Phi) is 5.00. The first-order chi connectivity index (χ1) is 11.7. The number of nitrogens with one attached hydrogen (secondary N) is 1. The van der Waals surface area contributed by atoms with E-state index in [0.29, 0.717) is 30.6 Å². The molecule has 0 fully saturated rings. The molecule has 0 radical (unpaired) electrons. The highest BCUT2D eigenvalue weighted by Crippen LogP contribution is 2.13. The van der Waals surface area contributed by atoms with Crippen LogP contribution in [-0.2, 0) is 13.0 Å². The number of imidazole rings is 1. The molecule has 126 valence electrons. The number of aromatic nitrogens is 4. The van der Waals surface area contributed by atoms with E-state index in [9.17, 15) is 4.79 Å². The number of aromatic amines is 1. The smallest absolute Gasteiger partial charge is 0.230 e. The first kappa shape index (κ1) is 16.3. The zero-order valence-corrected chi connectivity index (χ0v) is 14.0. The van der Waals surface area contributed by atoms with Crippen LogP contribution >= 0.6 is 0 Å². The lowest BCUT2D eigenvalue weighted by Gasteiger charge is -2.14. The summed E-state index contributed by atoms with van der Waals surface area (Å²) in [6.07, 6.45) is 0.702. The third kappa shape index (κ3) is 3.68. The van der Waals surface area contributed by atoms with E-state index in [4.69, 9.17) is 4.42 Å². The minimum atomic E-state index is -0.0605. The van der Waals surface area contributed by atoms with Gasteiger partial charge in [0.1, 0.15) is 0 Å². The summed E-state index contributed by atoms with van der Waals surface area (Å²) in [6.45, 7) is 6.68. The van der Waals surface area contributed by atoms with Gasteiger partial charge in [-0.2, -0.15) is 0 Å². The fraction of sp³-hybridized carbons (Fsp3) is 0.412. The van der Waals surface area contributed by atoms with Gasteiger partial charge in [-0.05, 0) is 25.2 Å². The number of carbonyl (C=O) groups is 1. The number of Topliss-reactive ketones (excluding diaryl/α,β-unsaturated/α-hetero) is 1. The van der Waals surface area contributed by atoms with Crippen molar-refractivity contribution in [3.05, 3.63) is 41.9 Å². The molecule has 7 heteroatoms. The molecule has 1 N–H and O–H groups in total. The molecule has 2 heterocycles. The lowest BCUT2D eigenvalue weighted by Crippen LogP contribution is -2.22. The van der Waals surface area contributed by atoms with Gasteiger partial charge in [-0.1, -0.05) is 26.0 Å². The van der Waals surface area contributed by atoms with Crippen LogP contribution in [0.5, 0.6) is 0 Å². The summed E-state index contributed by atoms with van der Waals surface area (Å²) in [5, 5.41) is 8.06. The van der Waals surface area contributed by atoms with Crippen molar-refractivity contribution in [3.63, 3.8) is 0 Å². The average Bonchev–Trinajstić information content (AvgIpc) is 3.24. The Morgan fingerprint density at radius 2 is 1.92 bits per heavy atom. The zero-order chi connectivity index (χ0) is 16.9. The van der Waals surface area contributed by atoms with Crippen LogP contribution < -0.4 is 0 Å². The Bertz CT molecular complexity index is 786. The van der Waals surface area contributed by atoms with Gasteiger partial charge in [0.25, 0.3) is 0 Å². The van der Waals surface area contributed by atoms with E-state index < -0.39 is 0 Å². The standard InChI is InChI=1S/C17H21N5O2/c1-3-22(4-2)11-16-21-20-15(24-16)10-9-14(23)17-18-12-7-5-6-8-13(12)19-17/h5-8H,3-4,9-11H2,1-2H3,(H,18,19). The number of carbonyl (C=O) groups excluding carboxylic acids is 1. The second-order valence-electron chi connectivity index (χ2n) is 5.58. The number of ketones is 1. The van der Waals surface area contributed by atoms with Gasteiger partial charge < -0.3 is 9.40 Å². The Labute approximate surface area is 140 Å². The predicted molar refractivity (Wildman–Crippen MR) is 89.7 cm³/mol. The first-order valence-electron chi connectivity index (χ1n) is 8.21. The maximum absolute atomic E-state index is 12.3. The largest absolute Gasteiger partial charge is 0.424 e. The molecule has 2 aromatic heterocycles. The van der Waals surface area contributed by atoms with Gasteiger partial charge in [-0.25, -0.2) is 4.98 Å². The fourth-order valence-electron chi connectivity index (χ4n) is 2.52. The lowest BCUT2D eigenvalue weighted by atomic mass is 10.2. The maximum Gasteiger partial charge on any atom is 0.230 e. The Balaban J connectivity index is 1.59. The van der Waals surface area contributed by atoms with Crippen molar-refractivity contribution < 1.29 is 9.21 Å². The van der Waals surface area contributed by atoms with Crippen molar-refractivity contribution in [2.24, 2.45) is 0 Å². The summed E-state index contributed by atoms with van der Waals surface area (Å²) in [7, 11) is 0. The summed E-state index contributed by atoms with van der Waals surface area (Å²) in [5.74, 6) is 1.39. The first-order valence-corrected chi connectivity index (χ1v) is 8.21. The molecule has 3 aromatic rings. The number of H-pyrrole nitrogens is 1. The molecule has 0 bridgehead atoms. The fourth-order valence-corrected chi connectivity index (χ4v) is 2.52. The van der Waals surface area contributed by atoms with Gasteiger partial charge >= 0.3 is 0 Å². The molecule has 0 unspecified atom stereocenters. The number of para-hydroxylation sites is 2. The van der Waals surface area contributed by atoms with Crippen LogP contribution in [0.25, 0.3) is 11.0 Å². The second kappa shape index (κ2) is 7.35. The van der Waals surface area contributed by atoms with Crippen molar-refractivity contribution >= 4 is 16.8 Å². The summed E-state index contributed by atoms with van der Waals surface area (Å²) < 4.78 is 5.62. The normalized spacial score (nSPS) is 11.5. The van der Waals surface area contributed by atoms with Crippen LogP contribution in [0.4, 0.5) is 0 Å².